The molecule has 2 aromatic carbocycles. The average molecular weight is 532 g/mol. The van der Waals surface area contributed by atoms with Crippen LogP contribution in [0.25, 0.3) is 33.7 Å². The van der Waals surface area contributed by atoms with E-state index in [1.54, 1.807) is 24.3 Å². The molecule has 0 radical (unpaired) electrons. The molecule has 13 heteroatoms. The van der Waals surface area contributed by atoms with E-state index in [1.807, 2.05) is 0 Å². The monoisotopic (exact) mass is 532 g/mol. The Bertz CT molecular complexity index is 2020. The molecule has 0 N–H and O–H groups in total. The Morgan fingerprint density at radius 3 is 1.54 bits per heavy atom. The van der Waals surface area contributed by atoms with Crippen molar-refractivity contribution in [3.05, 3.63) is 81.1 Å². The number of oxazole rings is 2. The Hall–Kier alpha value is -5.79. The zero-order chi connectivity index (χ0) is 28.5. The molecule has 190 valence electrons. The van der Waals surface area contributed by atoms with Gasteiger partial charge in [0.25, 0.3) is 0 Å². The summed E-state index contributed by atoms with van der Waals surface area (Å²) in [7, 11) is 0. The van der Waals surface area contributed by atoms with Crippen LogP contribution >= 0.6 is 0 Å². The second-order valence-electron chi connectivity index (χ2n) is 7.75. The van der Waals surface area contributed by atoms with E-state index in [-0.39, 0.29) is 33.5 Å². The maximum Gasteiger partial charge on any atom is 0.419 e. The van der Waals surface area contributed by atoms with Crippen molar-refractivity contribution in [2.24, 2.45) is 0 Å². The fraction of sp³-hybridized carbons (Fsp3) is 0.0769. The summed E-state index contributed by atoms with van der Waals surface area (Å²) in [4.78, 5) is 8.10. The van der Waals surface area contributed by atoms with Crippen molar-refractivity contribution in [2.75, 3.05) is 0 Å². The number of benzene rings is 2. The summed E-state index contributed by atoms with van der Waals surface area (Å²) in [6, 6.07) is 12.0. The van der Waals surface area contributed by atoms with Crippen LogP contribution in [0.4, 0.5) is 22.0 Å². The highest BCUT2D eigenvalue weighted by Crippen LogP contribution is 2.33. The van der Waals surface area contributed by atoms with Crippen LogP contribution in [0.5, 0.6) is 0 Å². The number of aromatic nitrogens is 2. The van der Waals surface area contributed by atoms with Crippen molar-refractivity contribution >= 4 is 11.1 Å². The normalized spacial score (nSPS) is 11.6. The molecule has 0 saturated heterocycles. The first kappa shape index (κ1) is 26.3. The van der Waals surface area contributed by atoms with Crippen molar-refractivity contribution < 1.29 is 30.8 Å². The Kier molecular flexibility index (Phi) is 6.69. The fourth-order valence-electron chi connectivity index (χ4n) is 3.43. The third-order valence-corrected chi connectivity index (χ3v) is 5.33. The van der Waals surface area contributed by atoms with Crippen LogP contribution in [0.15, 0.2) is 45.2 Å². The molecule has 4 aromatic rings. The topological polar surface area (TPSA) is 147 Å². The van der Waals surface area contributed by atoms with Crippen LogP contribution in [0.2, 0.25) is 0 Å². The second-order valence-corrected chi connectivity index (χ2v) is 7.75. The Morgan fingerprint density at radius 1 is 0.718 bits per heavy atom. The lowest BCUT2D eigenvalue weighted by molar-refractivity contribution is -0.139. The van der Waals surface area contributed by atoms with E-state index in [2.05, 4.69) is 9.97 Å². The predicted molar refractivity (Wildman–Crippen MR) is 120 cm³/mol. The number of hydrogen-bond acceptors (Lipinski definition) is 8. The first-order chi connectivity index (χ1) is 18.5. The molecule has 0 unspecified atom stereocenters. The minimum Gasteiger partial charge on any atom is -0.431 e. The molecule has 0 aliphatic carbocycles. The van der Waals surface area contributed by atoms with E-state index in [4.69, 9.17) is 8.83 Å². The lowest BCUT2D eigenvalue weighted by Crippen LogP contribution is -2.08. The van der Waals surface area contributed by atoms with Gasteiger partial charge >= 0.3 is 6.18 Å². The quantitative estimate of drug-likeness (QED) is 0.348. The van der Waals surface area contributed by atoms with Gasteiger partial charge in [0.1, 0.15) is 47.3 Å². The smallest absolute Gasteiger partial charge is 0.419 e. The van der Waals surface area contributed by atoms with Crippen LogP contribution in [-0.2, 0) is 6.18 Å². The molecule has 0 aliphatic rings. The molecule has 39 heavy (non-hydrogen) atoms. The summed E-state index contributed by atoms with van der Waals surface area (Å²) in [6.45, 7) is 1.49. The van der Waals surface area contributed by atoms with Gasteiger partial charge in [0, 0.05) is 11.1 Å². The fourth-order valence-corrected chi connectivity index (χ4v) is 3.43. The van der Waals surface area contributed by atoms with E-state index >= 15 is 0 Å². The highest BCUT2D eigenvalue weighted by atomic mass is 19.4. The predicted octanol–water partition coefficient (Wildman–Crippen LogP) is 4.28. The van der Waals surface area contributed by atoms with Crippen molar-refractivity contribution in [1.82, 2.24) is 9.97 Å². The molecular weight excluding hydrogens is 523 g/mol. The number of alkyl halides is 3. The van der Waals surface area contributed by atoms with Crippen molar-refractivity contribution in [3.8, 4) is 46.8 Å². The molecule has 0 bridgehead atoms. The molecule has 8 nitrogen and oxygen atoms in total. The average Bonchev–Trinajstić information content (AvgIpc) is 3.52. The number of aryl methyl sites for hydroxylation is 1. The van der Waals surface area contributed by atoms with Gasteiger partial charge in [-0.1, -0.05) is 18.2 Å². The Labute approximate surface area is 214 Å². The third kappa shape index (κ3) is 4.81. The summed E-state index contributed by atoms with van der Waals surface area (Å²) >= 11 is 0. The van der Waals surface area contributed by atoms with Gasteiger partial charge in [0.15, 0.2) is 11.1 Å². The van der Waals surface area contributed by atoms with Crippen LogP contribution in [0, 0.1) is 74.7 Å². The van der Waals surface area contributed by atoms with Gasteiger partial charge in [0.05, 0.1) is 5.56 Å². The first-order valence-corrected chi connectivity index (χ1v) is 10.5. The maximum absolute atomic E-state index is 14.5. The van der Waals surface area contributed by atoms with Gasteiger partial charge in [-0.2, -0.15) is 34.2 Å². The summed E-state index contributed by atoms with van der Waals surface area (Å²) in [5.41, 5.74) is -5.20. The van der Waals surface area contributed by atoms with Gasteiger partial charge in [-0.25, -0.2) is 18.7 Å². The number of rotatable bonds is 2. The van der Waals surface area contributed by atoms with E-state index in [0.29, 0.717) is 12.1 Å². The summed E-state index contributed by atoms with van der Waals surface area (Å²) < 4.78 is 79.4. The van der Waals surface area contributed by atoms with Gasteiger partial charge < -0.3 is 8.83 Å². The van der Waals surface area contributed by atoms with E-state index in [1.165, 1.54) is 19.1 Å². The van der Waals surface area contributed by atoms with Crippen molar-refractivity contribution in [2.45, 2.75) is 13.1 Å². The lowest BCUT2D eigenvalue weighted by atomic mass is 10.1. The van der Waals surface area contributed by atoms with Crippen LogP contribution in [0.1, 0.15) is 11.1 Å². The lowest BCUT2D eigenvalue weighted by Gasteiger charge is -2.08. The minimum atomic E-state index is -4.99. The number of nitrogens with zero attached hydrogens (tertiary/aromatic N) is 6. The van der Waals surface area contributed by atoms with Crippen LogP contribution in [-0.4, -0.2) is 9.97 Å². The third-order valence-electron chi connectivity index (χ3n) is 5.33. The standard InChI is InChI=1S/C26H9F5N6O2/c1-12-2-3-13(6-18(12)27)20-22(38-24(36-20)15(8-32)9-33)23-21(37-25(39-23)16(10-34)11-35)14-4-5-17(19(28)7-14)26(29,30)31/h2-7H,1H3/b23-22+. The molecule has 0 fully saturated rings. The highest BCUT2D eigenvalue weighted by Gasteiger charge is 2.34. The minimum absolute atomic E-state index is 0.0746. The van der Waals surface area contributed by atoms with Gasteiger partial charge in [-0.15, -0.1) is 0 Å². The maximum atomic E-state index is 14.5. The van der Waals surface area contributed by atoms with Gasteiger partial charge in [0.2, 0.25) is 21.9 Å². The molecule has 0 saturated carbocycles. The zero-order valence-electron chi connectivity index (χ0n) is 19.4. The van der Waals surface area contributed by atoms with E-state index in [0.717, 1.165) is 12.1 Å². The second kappa shape index (κ2) is 9.93. The molecule has 0 atom stereocenters. The van der Waals surface area contributed by atoms with Crippen LogP contribution < -0.4 is 11.1 Å². The molecule has 0 aliphatic heterocycles. The number of nitriles is 4. The molecule has 2 aromatic heterocycles. The molecule has 0 spiro atoms. The number of halogens is 5. The highest BCUT2D eigenvalue weighted by molar-refractivity contribution is 5.72. The van der Waals surface area contributed by atoms with E-state index < -0.39 is 51.0 Å². The Balaban J connectivity index is 2.26. The number of hydrogen-bond donors (Lipinski definition) is 0. The van der Waals surface area contributed by atoms with Gasteiger partial charge in [-0.05, 0) is 30.7 Å². The molecular formula is C26H9F5N6O2. The summed E-state index contributed by atoms with van der Waals surface area (Å²) in [5.74, 6) is -2.30. The Morgan fingerprint density at radius 2 is 1.15 bits per heavy atom. The zero-order valence-corrected chi connectivity index (χ0v) is 19.4. The van der Waals surface area contributed by atoms with Gasteiger partial charge in [-0.3, -0.25) is 0 Å². The van der Waals surface area contributed by atoms with E-state index in [9.17, 15) is 43.0 Å². The molecule has 4 rings (SSSR count). The molecule has 0 amide bonds. The first-order valence-electron chi connectivity index (χ1n) is 10.5. The largest absolute Gasteiger partial charge is 0.431 e. The molecule has 2 heterocycles. The van der Waals surface area contributed by atoms with Crippen LogP contribution in [0.3, 0.4) is 0 Å². The van der Waals surface area contributed by atoms with Crippen molar-refractivity contribution in [3.63, 3.8) is 0 Å². The summed E-state index contributed by atoms with van der Waals surface area (Å²) in [6.07, 6.45) is -4.99. The van der Waals surface area contributed by atoms with Crippen molar-refractivity contribution in [1.29, 1.82) is 21.0 Å². The SMILES string of the molecule is Cc1ccc(-c2nc(=C(C#N)C#N)o/c2=c2/oc(=C(C#N)C#N)nc2-c2ccc(C(F)(F)F)c(F)c2)cc1F. The summed E-state index contributed by atoms with van der Waals surface area (Å²) in [5, 5.41) is 37.1.